The van der Waals surface area contributed by atoms with Crippen molar-refractivity contribution in [1.82, 2.24) is 19.5 Å². The van der Waals surface area contributed by atoms with Crippen LogP contribution in [0.2, 0.25) is 0 Å². The lowest BCUT2D eigenvalue weighted by Gasteiger charge is -2.30. The van der Waals surface area contributed by atoms with Crippen molar-refractivity contribution in [2.24, 2.45) is 0 Å². The van der Waals surface area contributed by atoms with Crippen LogP contribution >= 0.6 is 23.8 Å². The third kappa shape index (κ3) is 3.41. The van der Waals surface area contributed by atoms with Crippen LogP contribution in [0.5, 0.6) is 0 Å². The molecular formula is C13H15BrN5O8P. The molecule has 2 aliphatic rings. The van der Waals surface area contributed by atoms with Crippen LogP contribution in [0.25, 0.3) is 11.2 Å². The van der Waals surface area contributed by atoms with Gasteiger partial charge in [0.05, 0.1) is 6.61 Å². The van der Waals surface area contributed by atoms with Gasteiger partial charge in [0.1, 0.15) is 24.6 Å². The number of carbonyl (C=O) groups is 1. The Morgan fingerprint density at radius 1 is 1.54 bits per heavy atom. The number of nitrogen functional groups attached to an aromatic ring is 1. The van der Waals surface area contributed by atoms with Crippen LogP contribution in [0.1, 0.15) is 13.2 Å². The number of esters is 1. The molecule has 5 atom stereocenters. The van der Waals surface area contributed by atoms with Gasteiger partial charge >= 0.3 is 13.8 Å². The summed E-state index contributed by atoms with van der Waals surface area (Å²) in [5.41, 5.74) is 6.46. The second-order valence-electron chi connectivity index (χ2n) is 5.93. The zero-order valence-corrected chi connectivity index (χ0v) is 16.8. The largest absolute Gasteiger partial charge is 0.478 e. The summed E-state index contributed by atoms with van der Waals surface area (Å²) in [5.74, 6) is -0.457. The summed E-state index contributed by atoms with van der Waals surface area (Å²) < 4.78 is 40.1. The van der Waals surface area contributed by atoms with Crippen LogP contribution in [0.15, 0.2) is 11.1 Å². The first-order valence-electron chi connectivity index (χ1n) is 7.97. The van der Waals surface area contributed by atoms with Crippen molar-refractivity contribution in [3.05, 3.63) is 11.1 Å². The molecule has 3 N–H and O–H groups in total. The number of nitrogens with two attached hydrogens (primary N) is 1. The number of aromatic nitrogens is 4. The summed E-state index contributed by atoms with van der Waals surface area (Å²) in [6.07, 6.45) is -2.74. The molecule has 2 saturated heterocycles. The van der Waals surface area contributed by atoms with Gasteiger partial charge in [-0.15, -0.1) is 0 Å². The van der Waals surface area contributed by atoms with E-state index in [9.17, 15) is 14.5 Å². The van der Waals surface area contributed by atoms with Gasteiger partial charge in [0.15, 0.2) is 27.9 Å². The average Bonchev–Trinajstić information content (AvgIpc) is 3.12. The lowest BCUT2D eigenvalue weighted by Crippen LogP contribution is -2.39. The average molecular weight is 480 g/mol. The van der Waals surface area contributed by atoms with E-state index in [1.807, 2.05) is 0 Å². The Bertz CT molecular complexity index is 972. The molecule has 0 spiro atoms. The lowest BCUT2D eigenvalue weighted by atomic mass is 10.1. The number of imidazole rings is 1. The predicted octanol–water partition coefficient (Wildman–Crippen LogP) is 0.490. The minimum absolute atomic E-state index is 0.164. The van der Waals surface area contributed by atoms with Crippen molar-refractivity contribution in [2.45, 2.75) is 31.5 Å². The number of nitrogens with zero attached hydrogens (tertiary/aromatic N) is 4. The van der Waals surface area contributed by atoms with E-state index in [4.69, 9.17) is 24.0 Å². The minimum Gasteiger partial charge on any atom is -0.438 e. The van der Waals surface area contributed by atoms with E-state index in [0.29, 0.717) is 15.9 Å². The first kappa shape index (κ1) is 19.6. The van der Waals surface area contributed by atoms with Crippen molar-refractivity contribution in [3.63, 3.8) is 0 Å². The maximum absolute atomic E-state index is 12.5. The van der Waals surface area contributed by atoms with Gasteiger partial charge in [0.2, 0.25) is 6.79 Å². The number of fused-ring (bicyclic) bond motifs is 2. The SMILES string of the molecule is CC(=O)OCOP1(=O)OC[C@H]2O[C@@H](n3c(Br)nc4c(N)ncnc43)[C@H](O)[C@@H]2O1. The zero-order valence-electron chi connectivity index (χ0n) is 14.3. The van der Waals surface area contributed by atoms with Crippen molar-refractivity contribution >= 4 is 46.7 Å². The van der Waals surface area contributed by atoms with Gasteiger partial charge in [0.25, 0.3) is 0 Å². The van der Waals surface area contributed by atoms with Crippen LogP contribution in [0.4, 0.5) is 5.82 Å². The lowest BCUT2D eigenvalue weighted by molar-refractivity contribution is -0.150. The van der Waals surface area contributed by atoms with E-state index < -0.39 is 45.1 Å². The van der Waals surface area contributed by atoms with Crippen molar-refractivity contribution in [3.8, 4) is 0 Å². The third-order valence-corrected chi connectivity index (χ3v) is 6.09. The molecule has 0 aromatic carbocycles. The molecule has 0 saturated carbocycles. The Hall–Kier alpha value is -1.67. The minimum atomic E-state index is -4.05. The monoisotopic (exact) mass is 479 g/mol. The van der Waals surface area contributed by atoms with Gasteiger partial charge < -0.3 is 20.3 Å². The summed E-state index contributed by atoms with van der Waals surface area (Å²) in [6.45, 7) is 0.385. The number of aliphatic hydroxyl groups is 1. The fourth-order valence-electron chi connectivity index (χ4n) is 2.91. The van der Waals surface area contributed by atoms with E-state index in [1.165, 1.54) is 17.8 Å². The number of aliphatic hydroxyl groups excluding tert-OH is 1. The van der Waals surface area contributed by atoms with E-state index >= 15 is 0 Å². The molecule has 4 rings (SSSR count). The van der Waals surface area contributed by atoms with Gasteiger partial charge in [-0.25, -0.2) is 24.0 Å². The summed E-state index contributed by atoms with van der Waals surface area (Å²) in [5, 5.41) is 10.7. The zero-order chi connectivity index (χ0) is 20.1. The molecule has 152 valence electrons. The molecule has 0 radical (unpaired) electrons. The van der Waals surface area contributed by atoms with E-state index in [2.05, 4.69) is 35.6 Å². The first-order valence-corrected chi connectivity index (χ1v) is 10.2. The quantitative estimate of drug-likeness (QED) is 0.269. The summed E-state index contributed by atoms with van der Waals surface area (Å²) in [7, 11) is -4.05. The molecule has 4 heterocycles. The second kappa shape index (κ2) is 7.30. The molecule has 2 fully saturated rings. The molecule has 0 bridgehead atoms. The molecule has 2 aromatic heterocycles. The van der Waals surface area contributed by atoms with Gasteiger partial charge in [0, 0.05) is 6.92 Å². The molecule has 2 aromatic rings. The molecule has 0 amide bonds. The Balaban J connectivity index is 1.57. The van der Waals surface area contributed by atoms with Crippen LogP contribution in [-0.2, 0) is 32.4 Å². The number of halogens is 1. The van der Waals surface area contributed by atoms with Crippen LogP contribution < -0.4 is 5.73 Å². The number of hydrogen-bond acceptors (Lipinski definition) is 12. The standard InChI is InChI=1S/C13H15BrN5O8P/c1-5(20)23-4-25-28(22)24-2-6-9(27-28)8(21)12(26-6)19-11-7(18-13(19)14)10(15)16-3-17-11/h3,6,8-9,12,21H,2,4H2,1H3,(H2,15,16,17)/t6-,8-,9-,12-,28?/m1/s1. The molecular weight excluding hydrogens is 465 g/mol. The number of rotatable bonds is 4. The van der Waals surface area contributed by atoms with Gasteiger partial charge in [-0.1, -0.05) is 0 Å². The Labute approximate surface area is 165 Å². The maximum atomic E-state index is 12.5. The van der Waals surface area contributed by atoms with Crippen molar-refractivity contribution in [2.75, 3.05) is 19.1 Å². The number of phosphoric acid groups is 1. The summed E-state index contributed by atoms with van der Waals surface area (Å²) in [6, 6.07) is 0. The van der Waals surface area contributed by atoms with Crippen molar-refractivity contribution < 1.29 is 37.5 Å². The van der Waals surface area contributed by atoms with E-state index in [-0.39, 0.29) is 12.4 Å². The number of hydrogen-bond donors (Lipinski definition) is 2. The fraction of sp³-hybridized carbons (Fsp3) is 0.538. The second-order valence-corrected chi connectivity index (χ2v) is 8.26. The predicted molar refractivity (Wildman–Crippen MR) is 93.5 cm³/mol. The normalized spacial score (nSPS) is 32.4. The highest BCUT2D eigenvalue weighted by atomic mass is 79.9. The number of carbonyl (C=O) groups excluding carboxylic acids is 1. The van der Waals surface area contributed by atoms with Crippen LogP contribution in [0, 0.1) is 0 Å². The molecule has 1 unspecified atom stereocenters. The van der Waals surface area contributed by atoms with Crippen LogP contribution in [0.3, 0.4) is 0 Å². The van der Waals surface area contributed by atoms with E-state index in [1.54, 1.807) is 0 Å². The Morgan fingerprint density at radius 2 is 2.32 bits per heavy atom. The highest BCUT2D eigenvalue weighted by Gasteiger charge is 2.54. The number of phosphoric ester groups is 1. The van der Waals surface area contributed by atoms with Gasteiger partial charge in [-0.2, -0.15) is 0 Å². The smallest absolute Gasteiger partial charge is 0.438 e. The molecule has 15 heteroatoms. The Morgan fingerprint density at radius 3 is 3.07 bits per heavy atom. The third-order valence-electron chi connectivity index (χ3n) is 4.15. The topological polar surface area (TPSA) is 170 Å². The molecule has 28 heavy (non-hydrogen) atoms. The number of anilines is 1. The van der Waals surface area contributed by atoms with E-state index in [0.717, 1.165) is 0 Å². The molecule has 13 nitrogen and oxygen atoms in total. The highest BCUT2D eigenvalue weighted by Crippen LogP contribution is 2.56. The van der Waals surface area contributed by atoms with Crippen LogP contribution in [-0.4, -0.2) is 62.3 Å². The number of ether oxygens (including phenoxy) is 2. The fourth-order valence-corrected chi connectivity index (χ4v) is 4.72. The maximum Gasteiger partial charge on any atom is 0.478 e. The molecule has 2 aliphatic heterocycles. The Kier molecular flexibility index (Phi) is 5.12. The van der Waals surface area contributed by atoms with Crippen molar-refractivity contribution in [1.29, 1.82) is 0 Å². The first-order chi connectivity index (χ1) is 13.3. The summed E-state index contributed by atoms with van der Waals surface area (Å²) in [4.78, 5) is 23.0. The molecule has 0 aliphatic carbocycles. The summed E-state index contributed by atoms with van der Waals surface area (Å²) >= 11 is 3.29. The highest BCUT2D eigenvalue weighted by molar-refractivity contribution is 9.10. The van der Waals surface area contributed by atoms with Gasteiger partial charge in [-0.3, -0.25) is 18.4 Å². The van der Waals surface area contributed by atoms with Gasteiger partial charge in [-0.05, 0) is 15.9 Å².